The summed E-state index contributed by atoms with van der Waals surface area (Å²) in [4.78, 5) is 43.3. The lowest BCUT2D eigenvalue weighted by molar-refractivity contribution is -0.878. The molecule has 0 saturated heterocycles. The van der Waals surface area contributed by atoms with Crippen LogP contribution in [0.2, 0.25) is 0 Å². The number of para-hydroxylation sites is 1. The zero-order valence-electron chi connectivity index (χ0n) is 25.4. The number of aromatic nitrogens is 1. The molecule has 3 unspecified atom stereocenters. The fourth-order valence-corrected chi connectivity index (χ4v) is 5.93. The Bertz CT molecular complexity index is 1290. The quantitative estimate of drug-likeness (QED) is 0.392. The Balaban J connectivity index is 0.00000484. The van der Waals surface area contributed by atoms with E-state index in [1.165, 1.54) is 4.90 Å². The van der Waals surface area contributed by atoms with Crippen LogP contribution < -0.4 is 22.6 Å². The highest BCUT2D eigenvalue weighted by molar-refractivity contribution is 7.98. The van der Waals surface area contributed by atoms with Gasteiger partial charge in [0, 0.05) is 61.5 Å². The molecule has 1 aromatic carbocycles. The van der Waals surface area contributed by atoms with Crippen LogP contribution in [-0.2, 0) is 22.9 Å². The summed E-state index contributed by atoms with van der Waals surface area (Å²) in [6.45, 7) is 9.40. The van der Waals surface area contributed by atoms with Gasteiger partial charge in [0.1, 0.15) is 11.8 Å². The van der Waals surface area contributed by atoms with E-state index >= 15 is 0 Å². The van der Waals surface area contributed by atoms with E-state index in [2.05, 4.69) is 29.1 Å². The lowest BCUT2D eigenvalue weighted by Crippen LogP contribution is -3.11. The molecule has 2 aliphatic rings. The highest BCUT2D eigenvalue weighted by Crippen LogP contribution is 2.33. The molecule has 12 heteroatoms. The molecule has 232 valence electrons. The molecular formula is C30H44ClN5O5S. The minimum Gasteiger partial charge on any atom is -1.00 e. The number of Topliss-reactive ketones (excluding diaryl/α,β-unsaturated/α-hetero) is 1. The summed E-state index contributed by atoms with van der Waals surface area (Å²) in [6, 6.07) is 8.13. The van der Waals surface area contributed by atoms with E-state index in [1.807, 2.05) is 42.6 Å². The third-order valence-electron chi connectivity index (χ3n) is 7.78. The summed E-state index contributed by atoms with van der Waals surface area (Å²) in [5.74, 6) is 0.927. The number of quaternary nitrogens is 1. The summed E-state index contributed by atoms with van der Waals surface area (Å²) in [5.41, 5.74) is 2.54. The van der Waals surface area contributed by atoms with E-state index in [9.17, 15) is 14.4 Å². The first kappa shape index (κ1) is 33.6. The highest BCUT2D eigenvalue weighted by Gasteiger charge is 2.37. The van der Waals surface area contributed by atoms with Crippen molar-refractivity contribution in [3.05, 3.63) is 47.9 Å². The topological polar surface area (TPSA) is 97.5 Å². The van der Waals surface area contributed by atoms with Crippen molar-refractivity contribution in [1.29, 1.82) is 0 Å². The van der Waals surface area contributed by atoms with E-state index in [0.717, 1.165) is 40.8 Å². The third-order valence-corrected chi connectivity index (χ3v) is 8.37. The Kier molecular flexibility index (Phi) is 11.6. The number of fused-ring (bicyclic) bond motifs is 3. The van der Waals surface area contributed by atoms with Crippen LogP contribution in [0, 0.1) is 5.92 Å². The van der Waals surface area contributed by atoms with Gasteiger partial charge in [-0.05, 0) is 45.9 Å². The van der Waals surface area contributed by atoms with Crippen molar-refractivity contribution in [2.75, 3.05) is 44.9 Å². The van der Waals surface area contributed by atoms with Gasteiger partial charge in [-0.15, -0.1) is 0 Å². The number of nitrogens with zero attached hydrogens (tertiary/aromatic N) is 3. The predicted molar refractivity (Wildman–Crippen MR) is 161 cm³/mol. The summed E-state index contributed by atoms with van der Waals surface area (Å²) in [7, 11) is 2.05. The number of rotatable bonds is 10. The normalized spacial score (nSPS) is 19.8. The van der Waals surface area contributed by atoms with Crippen LogP contribution in [0.3, 0.4) is 0 Å². The fourth-order valence-electron chi connectivity index (χ4n) is 5.53. The van der Waals surface area contributed by atoms with Gasteiger partial charge in [-0.25, -0.2) is 9.59 Å². The number of carbonyl (C=O) groups is 3. The molecule has 1 aliphatic carbocycles. The Labute approximate surface area is 259 Å². The largest absolute Gasteiger partial charge is 1.00 e. The van der Waals surface area contributed by atoms with Gasteiger partial charge in [0.05, 0.1) is 18.7 Å². The van der Waals surface area contributed by atoms with Crippen molar-refractivity contribution in [3.8, 4) is 0 Å². The maximum atomic E-state index is 13.6. The minimum absolute atomic E-state index is 0. The molecular weight excluding hydrogens is 578 g/mol. The number of alkyl carbamates (subject to hydrolysis) is 1. The maximum Gasteiger partial charge on any atom is 0.411 e. The molecule has 0 fully saturated rings. The van der Waals surface area contributed by atoms with Crippen molar-refractivity contribution in [3.63, 3.8) is 0 Å². The minimum atomic E-state index is -0.583. The first-order valence-electron chi connectivity index (χ1n) is 14.3. The average molecular weight is 622 g/mol. The number of ether oxygens (including phenoxy) is 2. The van der Waals surface area contributed by atoms with Gasteiger partial charge in [-0.1, -0.05) is 18.2 Å². The van der Waals surface area contributed by atoms with Crippen LogP contribution >= 0.6 is 11.8 Å². The Hall–Kier alpha value is -2.89. The van der Waals surface area contributed by atoms with Gasteiger partial charge in [-0.3, -0.25) is 14.6 Å². The number of ketones is 1. The summed E-state index contributed by atoms with van der Waals surface area (Å²) in [5, 5.41) is 3.74. The molecule has 0 saturated carbocycles. The molecule has 0 spiro atoms. The summed E-state index contributed by atoms with van der Waals surface area (Å²) in [6.07, 6.45) is 6.79. The predicted octanol–water partition coefficient (Wildman–Crippen LogP) is 0.229. The van der Waals surface area contributed by atoms with Crippen LogP contribution in [0.1, 0.15) is 50.2 Å². The lowest BCUT2D eigenvalue weighted by atomic mass is 9.84. The van der Waals surface area contributed by atoms with Crippen LogP contribution in [0.5, 0.6) is 0 Å². The molecule has 0 radical (unpaired) electrons. The number of thioether (sulfide) groups is 1. The van der Waals surface area contributed by atoms with Crippen molar-refractivity contribution < 1.29 is 41.2 Å². The summed E-state index contributed by atoms with van der Waals surface area (Å²) < 4.78 is 13.1. The van der Waals surface area contributed by atoms with Gasteiger partial charge in [0.25, 0.3) is 0 Å². The number of halogens is 1. The van der Waals surface area contributed by atoms with Crippen molar-refractivity contribution in [2.45, 2.75) is 52.3 Å². The first-order chi connectivity index (χ1) is 19.5. The van der Waals surface area contributed by atoms with Crippen LogP contribution in [0.15, 0.2) is 36.7 Å². The molecule has 2 amide bonds. The molecule has 2 heterocycles. The number of carbonyl (C=O) groups excluding carboxylic acids is 3. The number of hydrogen-bond acceptors (Lipinski definition) is 7. The van der Waals surface area contributed by atoms with E-state index in [-0.39, 0.29) is 43.5 Å². The molecule has 2 aromatic rings. The number of nitrogens with one attached hydrogen (secondary N) is 2. The number of amides is 2. The molecule has 1 aliphatic heterocycles. The van der Waals surface area contributed by atoms with Crippen molar-refractivity contribution in [2.24, 2.45) is 13.0 Å². The Morgan fingerprint density at radius 3 is 2.67 bits per heavy atom. The molecule has 3 atom stereocenters. The van der Waals surface area contributed by atoms with E-state index in [1.54, 1.807) is 37.4 Å². The third kappa shape index (κ3) is 7.93. The van der Waals surface area contributed by atoms with Crippen LogP contribution in [0.4, 0.5) is 9.59 Å². The van der Waals surface area contributed by atoms with E-state index in [0.29, 0.717) is 19.6 Å². The molecule has 1 aromatic heterocycles. The number of benzene rings is 1. The molecule has 42 heavy (non-hydrogen) atoms. The molecule has 10 nitrogen and oxygen atoms in total. The van der Waals surface area contributed by atoms with Gasteiger partial charge in [0.2, 0.25) is 0 Å². The van der Waals surface area contributed by atoms with Crippen LogP contribution in [-0.4, -0.2) is 89.0 Å². The second kappa shape index (κ2) is 14.5. The van der Waals surface area contributed by atoms with Gasteiger partial charge < -0.3 is 36.7 Å². The lowest BCUT2D eigenvalue weighted by Gasteiger charge is -2.29. The molecule has 4 rings (SSSR count). The van der Waals surface area contributed by atoms with E-state index in [4.69, 9.17) is 9.47 Å². The van der Waals surface area contributed by atoms with Gasteiger partial charge >= 0.3 is 12.2 Å². The second-order valence-electron chi connectivity index (χ2n) is 11.7. The second-order valence-corrected chi connectivity index (χ2v) is 12.7. The Morgan fingerprint density at radius 2 is 1.95 bits per heavy atom. The zero-order valence-corrected chi connectivity index (χ0v) is 27.0. The standard InChI is InChI=1S/C30H43N5O5S.ClH/c1-21-34(19-22-11-12-25-26(27(22)36)23-9-7-8-10-24(23)32(25)5)15-16-35(21)20-39-29(38)33(17-18-41-6)14-13-31-28(37)40-30(2,3)4;/h7-10,15-16,21-22H,11-14,17-20H2,1-6H3,(H,31,37);1H. The fraction of sp³-hybridized carbons (Fsp3) is 0.567. The van der Waals surface area contributed by atoms with Crippen LogP contribution in [0.25, 0.3) is 10.9 Å². The maximum absolute atomic E-state index is 13.6. The SMILES string of the molecule is CSCCN(CCNC(=O)OC(C)(C)C)C(=O)OCN1C=C[NH+](CC2CCc3c(c4ccccc4n3C)C2=O)C1C.[Cl-]. The first-order valence-corrected chi connectivity index (χ1v) is 15.7. The molecule has 0 bridgehead atoms. The van der Waals surface area contributed by atoms with Crippen molar-refractivity contribution >= 4 is 40.6 Å². The summed E-state index contributed by atoms with van der Waals surface area (Å²) >= 11 is 1.64. The van der Waals surface area contributed by atoms with Gasteiger partial charge in [0.15, 0.2) is 18.7 Å². The zero-order chi connectivity index (χ0) is 29.7. The smallest absolute Gasteiger partial charge is 0.411 e. The number of aryl methyl sites for hydroxylation is 1. The molecule has 2 N–H and O–H groups in total. The van der Waals surface area contributed by atoms with E-state index < -0.39 is 17.8 Å². The highest BCUT2D eigenvalue weighted by atomic mass is 35.5. The number of hydrogen-bond donors (Lipinski definition) is 2. The average Bonchev–Trinajstić information content (AvgIpc) is 3.42. The van der Waals surface area contributed by atoms with Gasteiger partial charge in [-0.2, -0.15) is 11.8 Å². The monoisotopic (exact) mass is 621 g/mol. The Morgan fingerprint density at radius 1 is 1.21 bits per heavy atom. The van der Waals surface area contributed by atoms with Crippen molar-refractivity contribution in [1.82, 2.24) is 19.7 Å².